The van der Waals surface area contributed by atoms with Crippen LogP contribution in [0.2, 0.25) is 10.0 Å². The standard InChI is InChI=1S/C21H20Cl2F3N5O2/c22-14-3-1-4-17(19(14)23)33-12-30-10-7-15(28-30)20(32)27-8-2-9-31-16(13-5-6-13)11-18(29-31)21(24,25)26/h1,3-4,7,10-11,13H,2,5-6,8-9,12H2,(H,27,32). The van der Waals surface area contributed by atoms with Crippen LogP contribution in [0, 0.1) is 0 Å². The monoisotopic (exact) mass is 501 g/mol. The molecule has 2 heterocycles. The van der Waals surface area contributed by atoms with E-state index in [2.05, 4.69) is 15.5 Å². The van der Waals surface area contributed by atoms with Crippen molar-refractivity contribution in [2.45, 2.75) is 44.6 Å². The molecule has 4 rings (SSSR count). The molecule has 0 bridgehead atoms. The van der Waals surface area contributed by atoms with Crippen LogP contribution in [-0.4, -0.2) is 32.0 Å². The summed E-state index contributed by atoms with van der Waals surface area (Å²) in [5, 5.41) is 11.2. The van der Waals surface area contributed by atoms with E-state index in [0.717, 1.165) is 18.9 Å². The van der Waals surface area contributed by atoms with Crippen LogP contribution >= 0.6 is 23.2 Å². The van der Waals surface area contributed by atoms with Gasteiger partial charge in [-0.2, -0.15) is 23.4 Å². The van der Waals surface area contributed by atoms with E-state index < -0.39 is 17.8 Å². The number of benzene rings is 1. The van der Waals surface area contributed by atoms with Crippen molar-refractivity contribution in [1.29, 1.82) is 0 Å². The van der Waals surface area contributed by atoms with E-state index in [1.165, 1.54) is 15.4 Å². The molecule has 7 nitrogen and oxygen atoms in total. The Hall–Kier alpha value is -2.72. The van der Waals surface area contributed by atoms with Gasteiger partial charge in [0.15, 0.2) is 12.4 Å². The number of rotatable bonds is 9. The number of carbonyl (C=O) groups is 1. The van der Waals surface area contributed by atoms with E-state index in [1.54, 1.807) is 24.4 Å². The Morgan fingerprint density at radius 1 is 1.21 bits per heavy atom. The largest absolute Gasteiger partial charge is 0.470 e. The number of ether oxygens (including phenoxy) is 1. The summed E-state index contributed by atoms with van der Waals surface area (Å²) in [5.41, 5.74) is -0.0830. The highest BCUT2D eigenvalue weighted by Gasteiger charge is 2.37. The smallest absolute Gasteiger partial charge is 0.435 e. The second-order valence-corrected chi connectivity index (χ2v) is 8.41. The molecule has 3 aromatic rings. The molecule has 0 saturated heterocycles. The second-order valence-electron chi connectivity index (χ2n) is 7.62. The van der Waals surface area contributed by atoms with Gasteiger partial charge in [-0.05, 0) is 43.5 Å². The summed E-state index contributed by atoms with van der Waals surface area (Å²) in [6.07, 6.45) is -0.714. The lowest BCUT2D eigenvalue weighted by Crippen LogP contribution is -2.26. The van der Waals surface area contributed by atoms with Gasteiger partial charge in [0.1, 0.15) is 16.5 Å². The Balaban J connectivity index is 1.26. The van der Waals surface area contributed by atoms with Gasteiger partial charge < -0.3 is 10.1 Å². The van der Waals surface area contributed by atoms with Gasteiger partial charge in [-0.25, -0.2) is 4.68 Å². The van der Waals surface area contributed by atoms with Crippen LogP contribution in [0.15, 0.2) is 36.5 Å². The molecule has 176 valence electrons. The van der Waals surface area contributed by atoms with Gasteiger partial charge in [0.05, 0.1) is 5.02 Å². The highest BCUT2D eigenvalue weighted by atomic mass is 35.5. The van der Waals surface area contributed by atoms with E-state index in [-0.39, 0.29) is 36.5 Å². The molecule has 0 spiro atoms. The molecule has 1 N–H and O–H groups in total. The highest BCUT2D eigenvalue weighted by Crippen LogP contribution is 2.42. The third-order valence-electron chi connectivity index (χ3n) is 5.07. The maximum atomic E-state index is 13.0. The molecule has 1 amide bonds. The first-order valence-corrected chi connectivity index (χ1v) is 11.0. The third kappa shape index (κ3) is 5.80. The van der Waals surface area contributed by atoms with Crippen molar-refractivity contribution >= 4 is 29.1 Å². The Morgan fingerprint density at radius 2 is 2.00 bits per heavy atom. The minimum Gasteiger partial charge on any atom is -0.470 e. The lowest BCUT2D eigenvalue weighted by Gasteiger charge is -2.09. The van der Waals surface area contributed by atoms with Gasteiger partial charge >= 0.3 is 6.18 Å². The molecule has 33 heavy (non-hydrogen) atoms. The van der Waals surface area contributed by atoms with Gasteiger partial charge in [0, 0.05) is 30.9 Å². The first kappa shape index (κ1) is 23.4. The topological polar surface area (TPSA) is 74.0 Å². The van der Waals surface area contributed by atoms with Gasteiger partial charge in [0.25, 0.3) is 5.91 Å². The van der Waals surface area contributed by atoms with E-state index >= 15 is 0 Å². The van der Waals surface area contributed by atoms with Crippen LogP contribution in [0.3, 0.4) is 0 Å². The molecule has 0 unspecified atom stereocenters. The first-order chi connectivity index (χ1) is 15.7. The first-order valence-electron chi connectivity index (χ1n) is 10.3. The van der Waals surface area contributed by atoms with Crippen LogP contribution in [0.4, 0.5) is 13.2 Å². The van der Waals surface area contributed by atoms with Crippen LogP contribution < -0.4 is 10.1 Å². The maximum absolute atomic E-state index is 13.0. The summed E-state index contributed by atoms with van der Waals surface area (Å²) in [6, 6.07) is 7.67. The minimum absolute atomic E-state index is 0.0259. The molecular formula is C21H20Cl2F3N5O2. The van der Waals surface area contributed by atoms with Crippen molar-refractivity contribution in [3.8, 4) is 5.75 Å². The van der Waals surface area contributed by atoms with Crippen molar-refractivity contribution in [2.75, 3.05) is 6.54 Å². The molecule has 0 radical (unpaired) electrons. The number of nitrogens with one attached hydrogen (secondary N) is 1. The molecule has 1 saturated carbocycles. The lowest BCUT2D eigenvalue weighted by atomic mass is 10.2. The summed E-state index contributed by atoms with van der Waals surface area (Å²) in [6.45, 7) is 0.578. The quantitative estimate of drug-likeness (QED) is 0.412. The average molecular weight is 502 g/mol. The lowest BCUT2D eigenvalue weighted by molar-refractivity contribution is -0.141. The predicted octanol–water partition coefficient (Wildman–Crippen LogP) is 5.14. The number of carbonyl (C=O) groups excluding carboxylic acids is 1. The summed E-state index contributed by atoms with van der Waals surface area (Å²) in [5.74, 6) is 0.133. The van der Waals surface area contributed by atoms with Crippen molar-refractivity contribution in [1.82, 2.24) is 24.9 Å². The number of halogens is 5. The van der Waals surface area contributed by atoms with Crippen molar-refractivity contribution < 1.29 is 22.7 Å². The predicted molar refractivity (Wildman–Crippen MR) is 115 cm³/mol. The van der Waals surface area contributed by atoms with Crippen LogP contribution in [0.25, 0.3) is 0 Å². The van der Waals surface area contributed by atoms with E-state index in [9.17, 15) is 18.0 Å². The maximum Gasteiger partial charge on any atom is 0.435 e. The zero-order valence-corrected chi connectivity index (χ0v) is 18.8. The van der Waals surface area contributed by atoms with E-state index in [1.807, 2.05) is 0 Å². The number of hydrogen-bond acceptors (Lipinski definition) is 4. The number of aromatic nitrogens is 4. The molecule has 0 aliphatic heterocycles. The number of nitrogens with zero attached hydrogens (tertiary/aromatic N) is 4. The second kappa shape index (κ2) is 9.64. The van der Waals surface area contributed by atoms with Gasteiger partial charge in [-0.15, -0.1) is 0 Å². The summed E-state index contributed by atoms with van der Waals surface area (Å²) >= 11 is 12.0. The number of amides is 1. The summed E-state index contributed by atoms with van der Waals surface area (Å²) in [4.78, 5) is 12.3. The van der Waals surface area contributed by atoms with Crippen LogP contribution in [0.5, 0.6) is 5.75 Å². The number of alkyl halides is 3. The minimum atomic E-state index is -4.47. The fourth-order valence-corrected chi connectivity index (χ4v) is 3.61. The molecule has 12 heteroatoms. The molecule has 1 aliphatic carbocycles. The SMILES string of the molecule is O=C(NCCCn1nc(C(F)(F)F)cc1C1CC1)c1ccn(COc2cccc(Cl)c2Cl)n1. The molecule has 1 aromatic carbocycles. The Bertz CT molecular complexity index is 1140. The van der Waals surface area contributed by atoms with Gasteiger partial charge in [-0.1, -0.05) is 29.3 Å². The van der Waals surface area contributed by atoms with Crippen molar-refractivity contribution in [2.24, 2.45) is 0 Å². The highest BCUT2D eigenvalue weighted by molar-refractivity contribution is 6.42. The third-order valence-corrected chi connectivity index (χ3v) is 5.87. The fourth-order valence-electron chi connectivity index (χ4n) is 3.26. The summed E-state index contributed by atoms with van der Waals surface area (Å²) < 4.78 is 47.3. The van der Waals surface area contributed by atoms with E-state index in [0.29, 0.717) is 22.9 Å². The Morgan fingerprint density at radius 3 is 2.73 bits per heavy atom. The Labute approximate surface area is 197 Å². The van der Waals surface area contributed by atoms with Crippen molar-refractivity contribution in [3.63, 3.8) is 0 Å². The van der Waals surface area contributed by atoms with E-state index in [4.69, 9.17) is 27.9 Å². The van der Waals surface area contributed by atoms with Gasteiger partial charge in [0.2, 0.25) is 0 Å². The molecule has 1 fully saturated rings. The molecular weight excluding hydrogens is 482 g/mol. The Kier molecular flexibility index (Phi) is 6.85. The van der Waals surface area contributed by atoms with Crippen LogP contribution in [0.1, 0.15) is 47.1 Å². The molecule has 1 aliphatic rings. The van der Waals surface area contributed by atoms with Crippen molar-refractivity contribution in [3.05, 3.63) is 63.7 Å². The molecule has 2 aromatic heterocycles. The summed E-state index contributed by atoms with van der Waals surface area (Å²) in [7, 11) is 0. The fraction of sp³-hybridized carbons (Fsp3) is 0.381. The normalized spacial score (nSPS) is 13.8. The number of hydrogen-bond donors (Lipinski definition) is 1. The zero-order chi connectivity index (χ0) is 23.6. The van der Waals surface area contributed by atoms with Gasteiger partial charge in [-0.3, -0.25) is 9.48 Å². The molecule has 0 atom stereocenters. The number of aryl methyl sites for hydroxylation is 1. The zero-order valence-electron chi connectivity index (χ0n) is 17.3. The van der Waals surface area contributed by atoms with Crippen LogP contribution in [-0.2, 0) is 19.5 Å². The average Bonchev–Trinajstić information content (AvgIpc) is 3.33.